The molecule has 18 aromatic heterocycles. The van der Waals surface area contributed by atoms with Crippen molar-refractivity contribution in [3.05, 3.63) is 109 Å². The van der Waals surface area contributed by atoms with Crippen LogP contribution >= 0.6 is 204 Å². The molecule has 0 radical (unpaired) electrons. The van der Waals surface area contributed by atoms with Crippen molar-refractivity contribution in [2.75, 3.05) is 0 Å². The molecule has 0 atom stereocenters. The number of hydrogen-bond acceptors (Lipinski definition) is 36. The number of thiazole rings is 18. The van der Waals surface area contributed by atoms with Crippen molar-refractivity contribution in [1.82, 2.24) is 89.7 Å². The fraction of sp³-hybridized carbons (Fsp3) is 0. The van der Waals surface area contributed by atoms with Crippen LogP contribution < -0.4 is 0 Å². The maximum atomic E-state index is 4.98. The summed E-state index contributed by atoms with van der Waals surface area (Å²) in [6, 6.07) is 0. The van der Waals surface area contributed by atoms with Gasteiger partial charge in [-0.3, -0.25) is 0 Å². The van der Waals surface area contributed by atoms with E-state index in [1.54, 1.807) is 210 Å². The average molecular weight is 1500 g/mol. The van der Waals surface area contributed by atoms with Gasteiger partial charge in [-0.05, 0) is 0 Å². The molecule has 36 heteroatoms. The average Bonchev–Trinajstić information content (AvgIpc) is 4.50. The van der Waals surface area contributed by atoms with E-state index in [-0.39, 0.29) is 0 Å². The zero-order chi connectivity index (χ0) is 59.2. The largest absolute Gasteiger partial charge is 0.243 e. The fourth-order valence-electron chi connectivity index (χ4n) is 8.50. The van der Waals surface area contributed by atoms with Crippen LogP contribution in [0.25, 0.3) is 182 Å². The third-order valence-corrected chi connectivity index (χ3v) is 27.9. The maximum absolute atomic E-state index is 4.98. The smallest absolute Gasteiger partial charge is 0.143 e. The van der Waals surface area contributed by atoms with E-state index in [1.807, 2.05) is 102 Å². The predicted octanol–water partition coefficient (Wildman–Crippen LogP) is 20.2. The van der Waals surface area contributed by atoms with E-state index in [2.05, 4.69) is 9.97 Å². The lowest BCUT2D eigenvalue weighted by Crippen LogP contribution is -1.83. The van der Waals surface area contributed by atoms with Crippen molar-refractivity contribution in [1.29, 1.82) is 0 Å². The number of hydrogen-bond donors (Lipinski definition) is 0. The molecule has 18 heterocycles. The summed E-state index contributed by atoms with van der Waals surface area (Å²) in [5.74, 6) is 0. The number of aromatic nitrogens is 18. The van der Waals surface area contributed by atoms with Crippen LogP contribution in [0.5, 0.6) is 0 Å². The molecule has 434 valence electrons. The second-order valence-corrected chi connectivity index (χ2v) is 33.7. The molecule has 18 nitrogen and oxygen atoms in total. The minimum atomic E-state index is 0.797. The first-order chi connectivity index (χ1) is 44.4. The lowest BCUT2D eigenvalue weighted by Gasteiger charge is -1.91. The Kier molecular flexibility index (Phi) is 14.8. The highest BCUT2D eigenvalue weighted by Gasteiger charge is 2.23. The van der Waals surface area contributed by atoms with Gasteiger partial charge in [0.15, 0.2) is 0 Å². The van der Waals surface area contributed by atoms with Gasteiger partial charge >= 0.3 is 0 Å². The van der Waals surface area contributed by atoms with Crippen LogP contribution in [0.15, 0.2) is 109 Å². The van der Waals surface area contributed by atoms with Crippen molar-refractivity contribution < 1.29 is 0 Å². The van der Waals surface area contributed by atoms with Crippen molar-refractivity contribution in [2.24, 2.45) is 0 Å². The van der Waals surface area contributed by atoms with Crippen LogP contribution in [0.3, 0.4) is 0 Å². The Morgan fingerprint density at radius 2 is 0.322 bits per heavy atom. The first kappa shape index (κ1) is 56.1. The number of nitrogens with zero attached hydrogens (tertiary/aromatic N) is 18. The van der Waals surface area contributed by atoms with Gasteiger partial charge in [-0.25, -0.2) is 89.7 Å². The van der Waals surface area contributed by atoms with Crippen molar-refractivity contribution in [3.63, 3.8) is 0 Å². The monoisotopic (exact) mass is 1500 g/mol. The summed E-state index contributed by atoms with van der Waals surface area (Å²) in [5.41, 5.74) is 15.7. The van der Waals surface area contributed by atoms with Crippen LogP contribution in [0.1, 0.15) is 0 Å². The third kappa shape index (κ3) is 10.9. The van der Waals surface area contributed by atoms with E-state index in [4.69, 9.17) is 79.7 Å². The molecule has 0 aliphatic rings. The first-order valence-electron chi connectivity index (χ1n) is 25.6. The zero-order valence-corrected chi connectivity index (χ0v) is 58.6. The Balaban J connectivity index is 0.493. The molecule has 0 N–H and O–H groups in total. The Morgan fingerprint density at radius 3 is 0.467 bits per heavy atom. The van der Waals surface area contributed by atoms with Gasteiger partial charge in [-0.2, -0.15) is 0 Å². The summed E-state index contributed by atoms with van der Waals surface area (Å²) >= 11 is 27.9. The highest BCUT2D eigenvalue weighted by atomic mass is 32.2. The highest BCUT2D eigenvalue weighted by Crippen LogP contribution is 2.43. The normalized spacial score (nSPS) is 11.8. The Morgan fingerprint density at radius 1 is 0.156 bits per heavy atom. The summed E-state index contributed by atoms with van der Waals surface area (Å²) in [6.45, 7) is 0. The molecule has 0 unspecified atom stereocenters. The van der Waals surface area contributed by atoms with Crippen LogP contribution in [0.2, 0.25) is 0 Å². The Hall–Kier alpha value is -6.66. The molecule has 0 aliphatic heterocycles. The summed E-state index contributed by atoms with van der Waals surface area (Å²) < 4.78 is 0. The quantitative estimate of drug-likeness (QED) is 0.0824. The second-order valence-electron chi connectivity index (χ2n) is 18.3. The van der Waals surface area contributed by atoms with Gasteiger partial charge in [0, 0.05) is 103 Å². The Labute approximate surface area is 577 Å². The van der Waals surface area contributed by atoms with Gasteiger partial charge in [-0.1, -0.05) is 0 Å². The van der Waals surface area contributed by atoms with Crippen LogP contribution in [0, 0.1) is 0 Å². The number of rotatable bonds is 17. The molecule has 0 fully saturated rings. The lowest BCUT2D eigenvalue weighted by atomic mass is 10.4. The van der Waals surface area contributed by atoms with Gasteiger partial charge in [0.05, 0.1) is 5.51 Å². The van der Waals surface area contributed by atoms with E-state index in [1.165, 1.54) is 0 Å². The van der Waals surface area contributed by atoms with E-state index >= 15 is 0 Å². The Bertz CT molecular complexity index is 5190. The van der Waals surface area contributed by atoms with Crippen LogP contribution in [0.4, 0.5) is 0 Å². The molecule has 0 bridgehead atoms. The highest BCUT2D eigenvalue weighted by molar-refractivity contribution is 7.21. The van der Waals surface area contributed by atoms with Gasteiger partial charge in [-0.15, -0.1) is 204 Å². The summed E-state index contributed by atoms with van der Waals surface area (Å²) in [6.07, 6.45) is 1.79. The van der Waals surface area contributed by atoms with E-state index < -0.39 is 0 Å². The lowest BCUT2D eigenvalue weighted by molar-refractivity contribution is 1.28. The molecular weight excluding hydrogens is 1480 g/mol. The van der Waals surface area contributed by atoms with Crippen molar-refractivity contribution in [2.45, 2.75) is 0 Å². The SMILES string of the molecule is c1csc(-c2csc(-c3csc(-c4csc(-c5csc(-c6csc(-c7csc(-c8csc(-c9csc(-c%10csc(-c%11csc(-c%12csc(-c%13csc(-c%14csc(-c%15csc(-c%16csc(-c%17csc(-c%18cscn%18)n%17)n%16)n%15)n%14)n%13)n%12)n%11)n%10)n9)n8)n7)n6)n5)n4)n3)n2)n1. The molecule has 0 amide bonds. The van der Waals surface area contributed by atoms with Crippen molar-refractivity contribution >= 4 is 204 Å². The predicted molar refractivity (Wildman–Crippen MR) is 381 cm³/mol. The van der Waals surface area contributed by atoms with Gasteiger partial charge < -0.3 is 0 Å². The molecule has 0 saturated carbocycles. The maximum Gasteiger partial charge on any atom is 0.143 e. The molecule has 18 rings (SSSR count). The molecule has 0 aromatic carbocycles. The minimum Gasteiger partial charge on any atom is -0.243 e. The molecule has 0 saturated heterocycles. The molecule has 0 spiro atoms. The molecule has 0 aliphatic carbocycles. The second kappa shape index (κ2) is 23.8. The van der Waals surface area contributed by atoms with Crippen LogP contribution in [-0.4, -0.2) is 89.7 Å². The van der Waals surface area contributed by atoms with Gasteiger partial charge in [0.25, 0.3) is 0 Å². The molecule has 90 heavy (non-hydrogen) atoms. The molecular formula is C54H20N18S18. The standard InChI is InChI=1S/C54H20N18S18/c1-2-74-38(55-1)22-4-76-40(57-22)24-6-78-42(59-24)26-8-80-44(61-26)28-10-82-46(63-28)30-12-84-48(65-30)32-14-86-50(67-32)34-16-88-52(69-34)36-18-90-54(71-36)37-19-89-53(72-37)35-17-87-51(70-35)33-15-85-49(68-33)31-13-83-47(66-31)29-11-81-45(64-29)27-9-79-43(62-27)25-7-77-41(60-25)23-5-75-39(58-23)21-3-73-20-56-21/h1-20H. The van der Waals surface area contributed by atoms with E-state index in [0.29, 0.717) is 0 Å². The first-order valence-corrected chi connectivity index (χ1v) is 41.5. The van der Waals surface area contributed by atoms with Crippen molar-refractivity contribution in [3.8, 4) is 182 Å². The fourth-order valence-corrected chi connectivity index (χ4v) is 23.1. The third-order valence-electron chi connectivity index (χ3n) is 12.7. The topological polar surface area (TPSA) is 232 Å². The molecule has 18 aromatic rings. The van der Waals surface area contributed by atoms with E-state index in [0.717, 1.165) is 182 Å². The van der Waals surface area contributed by atoms with Gasteiger partial charge in [0.1, 0.15) is 182 Å². The summed E-state index contributed by atoms with van der Waals surface area (Å²) in [7, 11) is 0. The minimum absolute atomic E-state index is 0.797. The van der Waals surface area contributed by atoms with Crippen LogP contribution in [-0.2, 0) is 0 Å². The summed E-state index contributed by atoms with van der Waals surface area (Å²) in [4.78, 5) is 87.6. The van der Waals surface area contributed by atoms with Gasteiger partial charge in [0.2, 0.25) is 0 Å². The summed E-state index contributed by atoms with van der Waals surface area (Å²) in [5, 5.41) is 50.6. The zero-order valence-electron chi connectivity index (χ0n) is 43.9. The van der Waals surface area contributed by atoms with E-state index in [9.17, 15) is 0 Å².